The molecule has 1 N–H and O–H groups in total. The van der Waals surface area contributed by atoms with E-state index in [1.165, 1.54) is 83.8 Å². The summed E-state index contributed by atoms with van der Waals surface area (Å²) < 4.78 is 4.39. The van der Waals surface area contributed by atoms with E-state index in [2.05, 4.69) is 11.7 Å². The zero-order chi connectivity index (χ0) is 16.5. The molecule has 0 saturated carbocycles. The van der Waals surface area contributed by atoms with E-state index in [0.717, 1.165) is 6.42 Å². The molecule has 0 aliphatic carbocycles. The van der Waals surface area contributed by atoms with Crippen LogP contribution in [0.5, 0.6) is 0 Å². The first-order valence-electron chi connectivity index (χ1n) is 8.86. The highest BCUT2D eigenvalue weighted by Crippen LogP contribution is 2.12. The van der Waals surface area contributed by atoms with Crippen LogP contribution in [0, 0.1) is 0 Å². The minimum absolute atomic E-state index is 0.349. The van der Waals surface area contributed by atoms with E-state index in [1.807, 2.05) is 6.08 Å². The van der Waals surface area contributed by atoms with Gasteiger partial charge >= 0.3 is 5.97 Å². The molecular weight excluding hydrogens is 276 g/mol. The van der Waals surface area contributed by atoms with Crippen molar-refractivity contribution in [2.24, 2.45) is 0 Å². The van der Waals surface area contributed by atoms with E-state index in [0.29, 0.717) is 0 Å². The number of rotatable bonds is 14. The van der Waals surface area contributed by atoms with Gasteiger partial charge in [0.05, 0.1) is 7.11 Å². The second-order valence-electron chi connectivity index (χ2n) is 5.80. The molecule has 3 nitrogen and oxygen atoms in total. The lowest BCUT2D eigenvalue weighted by atomic mass is 10.1. The molecule has 0 radical (unpaired) electrons. The first-order chi connectivity index (χ1) is 10.7. The zero-order valence-corrected chi connectivity index (χ0v) is 14.5. The number of allylic oxidation sites excluding steroid dienone is 3. The topological polar surface area (TPSA) is 46.5 Å². The van der Waals surface area contributed by atoms with Crippen LogP contribution in [0.15, 0.2) is 24.0 Å². The second kappa shape index (κ2) is 16.1. The van der Waals surface area contributed by atoms with Gasteiger partial charge in [-0.1, -0.05) is 83.3 Å². The van der Waals surface area contributed by atoms with Gasteiger partial charge in [-0.15, -0.1) is 0 Å². The standard InChI is InChI=1S/C19H34O3/c1-3-4-5-6-7-8-9-10-11-12-13-14-15-16-17-18(20)19(21)22-2/h15-17,20H,3-14H2,1-2H3/b16-15+,18-17+. The fourth-order valence-electron chi connectivity index (χ4n) is 2.35. The van der Waals surface area contributed by atoms with E-state index >= 15 is 0 Å². The molecule has 0 atom stereocenters. The molecule has 0 aromatic carbocycles. The van der Waals surface area contributed by atoms with Crippen LogP contribution in [0.25, 0.3) is 0 Å². The van der Waals surface area contributed by atoms with E-state index in [-0.39, 0.29) is 5.76 Å². The first kappa shape index (κ1) is 20.8. The summed E-state index contributed by atoms with van der Waals surface area (Å²) in [7, 11) is 1.25. The van der Waals surface area contributed by atoms with Gasteiger partial charge in [-0.25, -0.2) is 4.79 Å². The maximum atomic E-state index is 10.9. The monoisotopic (exact) mass is 310 g/mol. The Bertz CT molecular complexity index is 319. The molecule has 0 heterocycles. The second-order valence-corrected chi connectivity index (χ2v) is 5.80. The van der Waals surface area contributed by atoms with Crippen molar-refractivity contribution in [3.05, 3.63) is 24.0 Å². The average Bonchev–Trinajstić information content (AvgIpc) is 2.54. The van der Waals surface area contributed by atoms with Crippen LogP contribution in [0.1, 0.15) is 84.0 Å². The van der Waals surface area contributed by atoms with Gasteiger partial charge < -0.3 is 9.84 Å². The van der Waals surface area contributed by atoms with Crippen molar-refractivity contribution in [2.75, 3.05) is 7.11 Å². The van der Waals surface area contributed by atoms with Crippen molar-refractivity contribution in [2.45, 2.75) is 84.0 Å². The molecular formula is C19H34O3. The molecule has 0 aromatic heterocycles. The van der Waals surface area contributed by atoms with Gasteiger partial charge in [0.1, 0.15) is 0 Å². The number of aliphatic hydroxyl groups excluding tert-OH is 1. The van der Waals surface area contributed by atoms with Crippen LogP contribution in [0.3, 0.4) is 0 Å². The Morgan fingerprint density at radius 1 is 0.909 bits per heavy atom. The van der Waals surface area contributed by atoms with Crippen LogP contribution in [0.2, 0.25) is 0 Å². The first-order valence-corrected chi connectivity index (χ1v) is 8.86. The minimum Gasteiger partial charge on any atom is -0.502 e. The van der Waals surface area contributed by atoms with Gasteiger partial charge in [-0.2, -0.15) is 0 Å². The van der Waals surface area contributed by atoms with Gasteiger partial charge in [0, 0.05) is 0 Å². The molecule has 0 aliphatic heterocycles. The highest BCUT2D eigenvalue weighted by Gasteiger charge is 2.03. The SMILES string of the molecule is CCCCCCCCCCCCC/C=C/C=C(/O)C(=O)OC. The fraction of sp³-hybridized carbons (Fsp3) is 0.737. The summed E-state index contributed by atoms with van der Waals surface area (Å²) in [6, 6.07) is 0. The Hall–Kier alpha value is -1.25. The predicted molar refractivity (Wildman–Crippen MR) is 92.9 cm³/mol. The smallest absolute Gasteiger partial charge is 0.373 e. The molecule has 0 unspecified atom stereocenters. The van der Waals surface area contributed by atoms with Gasteiger partial charge in [0.2, 0.25) is 5.76 Å². The van der Waals surface area contributed by atoms with Crippen LogP contribution >= 0.6 is 0 Å². The van der Waals surface area contributed by atoms with Crippen molar-refractivity contribution in [3.8, 4) is 0 Å². The van der Waals surface area contributed by atoms with Gasteiger partial charge in [-0.3, -0.25) is 0 Å². The van der Waals surface area contributed by atoms with Crippen molar-refractivity contribution < 1.29 is 14.6 Å². The number of aliphatic hydroxyl groups is 1. The molecule has 0 aromatic rings. The molecule has 0 spiro atoms. The zero-order valence-electron chi connectivity index (χ0n) is 14.5. The molecule has 0 rings (SSSR count). The van der Waals surface area contributed by atoms with E-state index in [1.54, 1.807) is 6.08 Å². The lowest BCUT2D eigenvalue weighted by Crippen LogP contribution is -2.02. The Labute approximate surface area is 136 Å². The predicted octanol–water partition coefficient (Wildman–Crippen LogP) is 5.86. The molecule has 0 fully saturated rings. The fourth-order valence-corrected chi connectivity index (χ4v) is 2.35. The molecule has 0 bridgehead atoms. The summed E-state index contributed by atoms with van der Waals surface area (Å²) in [5.41, 5.74) is 0. The van der Waals surface area contributed by atoms with Crippen LogP contribution in [-0.2, 0) is 9.53 Å². The van der Waals surface area contributed by atoms with Crippen molar-refractivity contribution >= 4 is 5.97 Å². The molecule has 128 valence electrons. The number of methoxy groups -OCH3 is 1. The summed E-state index contributed by atoms with van der Waals surface area (Å²) in [4.78, 5) is 10.9. The number of ether oxygens (including phenoxy) is 1. The van der Waals surface area contributed by atoms with E-state index in [4.69, 9.17) is 0 Å². The van der Waals surface area contributed by atoms with Crippen molar-refractivity contribution in [1.82, 2.24) is 0 Å². The molecule has 22 heavy (non-hydrogen) atoms. The molecule has 0 saturated heterocycles. The average molecular weight is 310 g/mol. The Kier molecular flexibility index (Phi) is 15.2. The van der Waals surface area contributed by atoms with Gasteiger partial charge in [0.15, 0.2) is 0 Å². The van der Waals surface area contributed by atoms with E-state index in [9.17, 15) is 9.90 Å². The van der Waals surface area contributed by atoms with Crippen LogP contribution < -0.4 is 0 Å². The molecule has 0 aliphatic rings. The number of unbranched alkanes of at least 4 members (excludes halogenated alkanes) is 11. The maximum Gasteiger partial charge on any atom is 0.373 e. The Morgan fingerprint density at radius 2 is 1.41 bits per heavy atom. The largest absolute Gasteiger partial charge is 0.502 e. The minimum atomic E-state index is -0.695. The highest BCUT2D eigenvalue weighted by atomic mass is 16.5. The summed E-state index contributed by atoms with van der Waals surface area (Å²) in [5.74, 6) is -1.04. The quantitative estimate of drug-likeness (QED) is 0.144. The number of carbonyl (C=O) groups excluding carboxylic acids is 1. The third kappa shape index (κ3) is 13.7. The molecule has 0 amide bonds. The summed E-state index contributed by atoms with van der Waals surface area (Å²) in [6.07, 6.45) is 20.8. The number of carbonyl (C=O) groups is 1. The summed E-state index contributed by atoms with van der Waals surface area (Å²) in [5, 5.41) is 9.24. The third-order valence-electron chi connectivity index (χ3n) is 3.76. The lowest BCUT2D eigenvalue weighted by molar-refractivity contribution is -0.139. The Morgan fingerprint density at radius 3 is 1.91 bits per heavy atom. The van der Waals surface area contributed by atoms with Gasteiger partial charge in [-0.05, 0) is 18.9 Å². The van der Waals surface area contributed by atoms with Crippen LogP contribution in [-0.4, -0.2) is 18.2 Å². The molecule has 3 heteroatoms. The van der Waals surface area contributed by atoms with Gasteiger partial charge in [0.25, 0.3) is 0 Å². The summed E-state index contributed by atoms with van der Waals surface area (Å²) in [6.45, 7) is 2.26. The van der Waals surface area contributed by atoms with Crippen molar-refractivity contribution in [1.29, 1.82) is 0 Å². The number of esters is 1. The number of hydrogen-bond donors (Lipinski definition) is 1. The summed E-state index contributed by atoms with van der Waals surface area (Å²) >= 11 is 0. The van der Waals surface area contributed by atoms with Crippen molar-refractivity contribution in [3.63, 3.8) is 0 Å². The number of hydrogen-bond acceptors (Lipinski definition) is 3. The maximum absolute atomic E-state index is 10.9. The Balaban J connectivity index is 3.31. The highest BCUT2D eigenvalue weighted by molar-refractivity contribution is 5.85. The van der Waals surface area contributed by atoms with Crippen LogP contribution in [0.4, 0.5) is 0 Å². The third-order valence-corrected chi connectivity index (χ3v) is 3.76. The lowest BCUT2D eigenvalue weighted by Gasteiger charge is -2.01. The van der Waals surface area contributed by atoms with E-state index < -0.39 is 5.97 Å². The normalized spacial score (nSPS) is 12.0.